The third kappa shape index (κ3) is 4.74. The lowest BCUT2D eigenvalue weighted by Gasteiger charge is -2.35. The van der Waals surface area contributed by atoms with Crippen LogP contribution in [0.4, 0.5) is 0 Å². The van der Waals surface area contributed by atoms with Crippen LogP contribution < -0.4 is 5.32 Å². The molecule has 1 atom stereocenters. The molecule has 0 unspecified atom stereocenters. The Labute approximate surface area is 160 Å². The lowest BCUT2D eigenvalue weighted by molar-refractivity contribution is -0.139. The second-order valence-corrected chi connectivity index (χ2v) is 6.83. The summed E-state index contributed by atoms with van der Waals surface area (Å²) in [6.07, 6.45) is 3.77. The Morgan fingerprint density at radius 2 is 2.11 bits per heavy atom. The van der Waals surface area contributed by atoms with Crippen molar-refractivity contribution in [1.29, 1.82) is 0 Å². The van der Waals surface area contributed by atoms with E-state index in [1.165, 1.54) is 0 Å². The van der Waals surface area contributed by atoms with E-state index in [9.17, 15) is 9.59 Å². The predicted molar refractivity (Wildman–Crippen MR) is 103 cm³/mol. The number of imidazole rings is 1. The van der Waals surface area contributed by atoms with Gasteiger partial charge in [-0.05, 0) is 12.5 Å². The molecular weight excluding hydrogens is 342 g/mol. The van der Waals surface area contributed by atoms with Crippen molar-refractivity contribution in [2.24, 2.45) is 7.05 Å². The van der Waals surface area contributed by atoms with Crippen LogP contribution >= 0.6 is 0 Å². The molecule has 1 N–H and O–H groups in total. The number of carbonyl (C=O) groups excluding carboxylic acids is 2. The van der Waals surface area contributed by atoms with Crippen molar-refractivity contribution in [3.8, 4) is 0 Å². The number of aromatic nitrogens is 2. The van der Waals surface area contributed by atoms with E-state index in [1.54, 1.807) is 11.1 Å². The summed E-state index contributed by atoms with van der Waals surface area (Å²) in [6.45, 7) is 5.00. The zero-order valence-corrected chi connectivity index (χ0v) is 16.0. The van der Waals surface area contributed by atoms with E-state index in [-0.39, 0.29) is 18.2 Å². The summed E-state index contributed by atoms with van der Waals surface area (Å²) in [6, 6.07) is 9.61. The Morgan fingerprint density at radius 1 is 1.33 bits per heavy atom. The summed E-state index contributed by atoms with van der Waals surface area (Å²) >= 11 is 0. The predicted octanol–water partition coefficient (Wildman–Crippen LogP) is 1.16. The number of rotatable bonds is 7. The van der Waals surface area contributed by atoms with Gasteiger partial charge in [-0.1, -0.05) is 30.3 Å². The Bertz CT molecular complexity index is 774. The van der Waals surface area contributed by atoms with Crippen LogP contribution in [0.5, 0.6) is 0 Å². The van der Waals surface area contributed by atoms with Crippen LogP contribution in [0.3, 0.4) is 0 Å². The van der Waals surface area contributed by atoms with Crippen LogP contribution in [0.2, 0.25) is 0 Å². The van der Waals surface area contributed by atoms with Crippen LogP contribution in [0, 0.1) is 0 Å². The molecule has 7 nitrogen and oxygen atoms in total. The summed E-state index contributed by atoms with van der Waals surface area (Å²) in [5.74, 6) is 0.735. The van der Waals surface area contributed by atoms with Gasteiger partial charge in [-0.25, -0.2) is 4.98 Å². The third-order valence-corrected chi connectivity index (χ3v) is 5.03. The van der Waals surface area contributed by atoms with Gasteiger partial charge in [-0.15, -0.1) is 0 Å². The molecule has 2 amide bonds. The minimum atomic E-state index is -0.443. The second kappa shape index (κ2) is 8.81. The highest BCUT2D eigenvalue weighted by Gasteiger charge is 2.32. The van der Waals surface area contributed by atoms with E-state index in [0.717, 1.165) is 17.9 Å². The van der Waals surface area contributed by atoms with Crippen LogP contribution in [-0.4, -0.2) is 56.8 Å². The van der Waals surface area contributed by atoms with Crippen LogP contribution in [0.25, 0.3) is 0 Å². The molecular formula is C20H27N5O2. The minimum Gasteiger partial charge on any atom is -0.353 e. The van der Waals surface area contributed by atoms with Gasteiger partial charge in [0.15, 0.2) is 0 Å². The van der Waals surface area contributed by atoms with Gasteiger partial charge < -0.3 is 14.8 Å². The quantitative estimate of drug-likeness (QED) is 0.795. The fourth-order valence-electron chi connectivity index (χ4n) is 3.38. The van der Waals surface area contributed by atoms with E-state index in [1.807, 2.05) is 55.1 Å². The number of nitrogens with one attached hydrogen (secondary N) is 1. The molecule has 1 aliphatic heterocycles. The van der Waals surface area contributed by atoms with Gasteiger partial charge in [0, 0.05) is 45.6 Å². The zero-order valence-electron chi connectivity index (χ0n) is 16.0. The molecule has 1 saturated heterocycles. The summed E-state index contributed by atoms with van der Waals surface area (Å²) in [5.41, 5.74) is 1.14. The number of aryl methyl sites for hydroxylation is 1. The standard InChI is InChI=1S/C20H27N5O2/c1-3-24(15-18-21-9-11-23(18)2)19(26)13-17-20(27)22-10-12-25(17)14-16-7-5-4-6-8-16/h4-9,11,17H,3,10,12-15H2,1-2H3,(H,22,27)/t17-/m1/s1. The van der Waals surface area contributed by atoms with Crippen LogP contribution in [0.1, 0.15) is 24.7 Å². The van der Waals surface area contributed by atoms with Crippen molar-refractivity contribution in [3.05, 3.63) is 54.1 Å². The lowest BCUT2D eigenvalue weighted by atomic mass is 10.1. The molecule has 2 aromatic rings. The monoisotopic (exact) mass is 369 g/mol. The minimum absolute atomic E-state index is 0.0272. The average Bonchev–Trinajstić information content (AvgIpc) is 3.08. The molecule has 0 aliphatic carbocycles. The smallest absolute Gasteiger partial charge is 0.237 e. The van der Waals surface area contributed by atoms with Crippen molar-refractivity contribution in [3.63, 3.8) is 0 Å². The normalized spacial score (nSPS) is 17.6. The molecule has 144 valence electrons. The van der Waals surface area contributed by atoms with Crippen molar-refractivity contribution in [1.82, 2.24) is 24.7 Å². The molecule has 0 radical (unpaired) electrons. The number of nitrogens with zero attached hydrogens (tertiary/aromatic N) is 4. The van der Waals surface area contributed by atoms with Gasteiger partial charge in [0.25, 0.3) is 0 Å². The Kier molecular flexibility index (Phi) is 6.24. The Hall–Kier alpha value is -2.67. The van der Waals surface area contributed by atoms with Gasteiger partial charge in [0.1, 0.15) is 5.82 Å². The van der Waals surface area contributed by atoms with Crippen LogP contribution in [0.15, 0.2) is 42.7 Å². The highest BCUT2D eigenvalue weighted by Crippen LogP contribution is 2.16. The number of piperazine rings is 1. The number of amides is 2. The van der Waals surface area contributed by atoms with Gasteiger partial charge in [0.05, 0.1) is 19.0 Å². The molecule has 1 aromatic carbocycles. The maximum atomic E-state index is 12.9. The molecule has 0 bridgehead atoms. The van der Waals surface area contributed by atoms with Crippen molar-refractivity contribution >= 4 is 11.8 Å². The first-order valence-corrected chi connectivity index (χ1v) is 9.38. The Morgan fingerprint density at radius 3 is 2.78 bits per heavy atom. The Balaban J connectivity index is 1.68. The number of benzene rings is 1. The summed E-state index contributed by atoms with van der Waals surface area (Å²) in [7, 11) is 1.91. The van der Waals surface area contributed by atoms with E-state index in [2.05, 4.69) is 15.2 Å². The lowest BCUT2D eigenvalue weighted by Crippen LogP contribution is -2.56. The first kappa shape index (κ1) is 19.1. The molecule has 0 spiro atoms. The van der Waals surface area contributed by atoms with Crippen LogP contribution in [-0.2, 0) is 29.7 Å². The van der Waals surface area contributed by atoms with E-state index < -0.39 is 6.04 Å². The third-order valence-electron chi connectivity index (χ3n) is 5.03. The molecule has 0 saturated carbocycles. The second-order valence-electron chi connectivity index (χ2n) is 6.83. The maximum absolute atomic E-state index is 12.9. The molecule has 2 heterocycles. The number of carbonyl (C=O) groups is 2. The van der Waals surface area contributed by atoms with Crippen molar-refractivity contribution < 1.29 is 9.59 Å². The summed E-state index contributed by atoms with van der Waals surface area (Å²) in [4.78, 5) is 33.5. The molecule has 27 heavy (non-hydrogen) atoms. The van der Waals surface area contributed by atoms with E-state index in [0.29, 0.717) is 26.2 Å². The molecule has 1 aliphatic rings. The topological polar surface area (TPSA) is 70.5 Å². The highest BCUT2D eigenvalue weighted by molar-refractivity contribution is 5.88. The molecule has 1 fully saturated rings. The molecule has 7 heteroatoms. The van der Waals surface area contributed by atoms with Gasteiger partial charge in [0.2, 0.25) is 11.8 Å². The van der Waals surface area contributed by atoms with E-state index >= 15 is 0 Å². The summed E-state index contributed by atoms with van der Waals surface area (Å²) < 4.78 is 1.91. The molecule has 3 rings (SSSR count). The average molecular weight is 369 g/mol. The van der Waals surface area contributed by atoms with Crippen molar-refractivity contribution in [2.45, 2.75) is 32.5 Å². The largest absolute Gasteiger partial charge is 0.353 e. The first-order chi connectivity index (χ1) is 13.1. The number of hydrogen-bond donors (Lipinski definition) is 1. The van der Waals surface area contributed by atoms with Gasteiger partial charge in [-0.2, -0.15) is 0 Å². The van der Waals surface area contributed by atoms with Gasteiger partial charge in [-0.3, -0.25) is 14.5 Å². The maximum Gasteiger partial charge on any atom is 0.237 e. The fraction of sp³-hybridized carbons (Fsp3) is 0.450. The number of hydrogen-bond acceptors (Lipinski definition) is 4. The van der Waals surface area contributed by atoms with E-state index in [4.69, 9.17) is 0 Å². The fourth-order valence-corrected chi connectivity index (χ4v) is 3.38. The highest BCUT2D eigenvalue weighted by atomic mass is 16.2. The first-order valence-electron chi connectivity index (χ1n) is 9.38. The zero-order chi connectivity index (χ0) is 19.2. The SMILES string of the molecule is CCN(Cc1nccn1C)C(=O)C[C@@H]1C(=O)NCCN1Cc1ccccc1. The van der Waals surface area contributed by atoms with Crippen molar-refractivity contribution in [2.75, 3.05) is 19.6 Å². The summed E-state index contributed by atoms with van der Waals surface area (Å²) in [5, 5.41) is 2.90. The van der Waals surface area contributed by atoms with Gasteiger partial charge >= 0.3 is 0 Å². The molecule has 1 aromatic heterocycles.